The molecule has 3 nitrogen and oxygen atoms in total. The van der Waals surface area contributed by atoms with Gasteiger partial charge < -0.3 is 11.1 Å². The number of hydrogen-bond donors (Lipinski definition) is 2. The van der Waals surface area contributed by atoms with Gasteiger partial charge in [-0.2, -0.15) is 0 Å². The van der Waals surface area contributed by atoms with Crippen molar-refractivity contribution in [3.05, 3.63) is 0 Å². The average molecular weight is 170 g/mol. The van der Waals surface area contributed by atoms with Gasteiger partial charge in [-0.05, 0) is 25.8 Å². The van der Waals surface area contributed by atoms with Crippen LogP contribution in [0.5, 0.6) is 0 Å². The van der Waals surface area contributed by atoms with E-state index in [-0.39, 0.29) is 17.4 Å². The first-order valence-electron chi connectivity index (χ1n) is 4.70. The maximum absolute atomic E-state index is 11.1. The molecule has 0 aromatic rings. The Morgan fingerprint density at radius 2 is 2.17 bits per heavy atom. The lowest BCUT2D eigenvalue weighted by atomic mass is 9.80. The molecule has 0 radical (unpaired) electrons. The third-order valence-electron chi connectivity index (χ3n) is 3.18. The minimum Gasteiger partial charge on any atom is -0.369 e. The lowest BCUT2D eigenvalue weighted by molar-refractivity contribution is -0.123. The molecule has 0 spiro atoms. The molecule has 70 valence electrons. The molecule has 1 atom stereocenters. The molecule has 12 heavy (non-hydrogen) atoms. The third-order valence-corrected chi connectivity index (χ3v) is 3.18. The van der Waals surface area contributed by atoms with Crippen molar-refractivity contribution in [1.82, 2.24) is 5.32 Å². The van der Waals surface area contributed by atoms with Crippen LogP contribution in [0.1, 0.15) is 33.1 Å². The molecule has 0 saturated carbocycles. The Hall–Kier alpha value is -0.570. The fourth-order valence-electron chi connectivity index (χ4n) is 2.27. The van der Waals surface area contributed by atoms with E-state index in [1.54, 1.807) is 0 Å². The number of nitrogens with one attached hydrogen (secondary N) is 1. The zero-order valence-corrected chi connectivity index (χ0v) is 7.89. The van der Waals surface area contributed by atoms with Crippen LogP contribution in [0.4, 0.5) is 0 Å². The summed E-state index contributed by atoms with van der Waals surface area (Å²) in [5, 5.41) is 3.40. The van der Waals surface area contributed by atoms with Crippen molar-refractivity contribution in [3.8, 4) is 0 Å². The van der Waals surface area contributed by atoms with Gasteiger partial charge in [0.1, 0.15) is 0 Å². The van der Waals surface area contributed by atoms with Crippen LogP contribution in [-0.4, -0.2) is 18.0 Å². The molecule has 0 aromatic heterocycles. The van der Waals surface area contributed by atoms with E-state index in [4.69, 9.17) is 5.73 Å². The molecule has 0 aliphatic carbocycles. The summed E-state index contributed by atoms with van der Waals surface area (Å²) < 4.78 is 0. The van der Waals surface area contributed by atoms with Crippen LogP contribution in [-0.2, 0) is 4.79 Å². The van der Waals surface area contributed by atoms with Crippen LogP contribution in [0, 0.1) is 5.92 Å². The quantitative estimate of drug-likeness (QED) is 0.653. The van der Waals surface area contributed by atoms with Gasteiger partial charge in [0, 0.05) is 5.54 Å². The number of carbonyl (C=O) groups is 1. The van der Waals surface area contributed by atoms with E-state index in [1.807, 2.05) is 0 Å². The van der Waals surface area contributed by atoms with Gasteiger partial charge in [0.2, 0.25) is 5.91 Å². The van der Waals surface area contributed by atoms with Gasteiger partial charge in [0.15, 0.2) is 0 Å². The molecule has 1 unspecified atom stereocenters. The second kappa shape index (κ2) is 3.44. The van der Waals surface area contributed by atoms with E-state index in [0.29, 0.717) is 0 Å². The van der Waals surface area contributed by atoms with E-state index in [0.717, 1.165) is 25.8 Å². The number of carbonyl (C=O) groups excluding carboxylic acids is 1. The summed E-state index contributed by atoms with van der Waals surface area (Å²) in [5.74, 6) is -0.115. The lowest BCUT2D eigenvalue weighted by Crippen LogP contribution is -2.48. The Bertz CT molecular complexity index is 175. The van der Waals surface area contributed by atoms with E-state index in [9.17, 15) is 4.79 Å². The van der Waals surface area contributed by atoms with Crippen molar-refractivity contribution in [3.63, 3.8) is 0 Å². The van der Waals surface area contributed by atoms with Crippen LogP contribution in [0.2, 0.25) is 0 Å². The summed E-state index contributed by atoms with van der Waals surface area (Å²) in [4.78, 5) is 11.1. The SMILES string of the molecule is CCC1(CC)NCCC1C(N)=O. The van der Waals surface area contributed by atoms with Crippen molar-refractivity contribution in [2.24, 2.45) is 11.7 Å². The van der Waals surface area contributed by atoms with Gasteiger partial charge in [-0.1, -0.05) is 13.8 Å². The first kappa shape index (κ1) is 9.52. The molecule has 1 heterocycles. The van der Waals surface area contributed by atoms with Gasteiger partial charge in [0.05, 0.1) is 5.92 Å². The molecule has 3 N–H and O–H groups in total. The molecule has 1 fully saturated rings. The molecule has 0 aromatic carbocycles. The van der Waals surface area contributed by atoms with Crippen molar-refractivity contribution < 1.29 is 4.79 Å². The molecule has 3 heteroatoms. The summed E-state index contributed by atoms with van der Waals surface area (Å²) in [7, 11) is 0. The number of hydrogen-bond acceptors (Lipinski definition) is 2. The molecule has 0 bridgehead atoms. The maximum Gasteiger partial charge on any atom is 0.222 e. The smallest absolute Gasteiger partial charge is 0.222 e. The second-order valence-electron chi connectivity index (χ2n) is 3.53. The minimum atomic E-state index is -0.149. The molecule has 1 saturated heterocycles. The average Bonchev–Trinajstić information content (AvgIpc) is 2.48. The highest BCUT2D eigenvalue weighted by Gasteiger charge is 2.42. The third kappa shape index (κ3) is 1.33. The zero-order chi connectivity index (χ0) is 9.19. The maximum atomic E-state index is 11.1. The fraction of sp³-hybridized carbons (Fsp3) is 0.889. The van der Waals surface area contributed by atoms with E-state index >= 15 is 0 Å². The van der Waals surface area contributed by atoms with Crippen LogP contribution in [0.3, 0.4) is 0 Å². The van der Waals surface area contributed by atoms with E-state index in [1.165, 1.54) is 0 Å². The van der Waals surface area contributed by atoms with E-state index in [2.05, 4.69) is 19.2 Å². The second-order valence-corrected chi connectivity index (χ2v) is 3.53. The predicted octanol–water partition coefficient (Wildman–Crippen LogP) is 0.640. The topological polar surface area (TPSA) is 55.1 Å². The van der Waals surface area contributed by atoms with Crippen molar-refractivity contribution >= 4 is 5.91 Å². The molecular formula is C9H18N2O. The van der Waals surface area contributed by atoms with Gasteiger partial charge in [0.25, 0.3) is 0 Å². The Morgan fingerprint density at radius 3 is 2.50 bits per heavy atom. The summed E-state index contributed by atoms with van der Waals surface area (Å²) in [6.45, 7) is 5.14. The van der Waals surface area contributed by atoms with Crippen LogP contribution in [0.25, 0.3) is 0 Å². The lowest BCUT2D eigenvalue weighted by Gasteiger charge is -2.31. The standard InChI is InChI=1S/C9H18N2O/c1-3-9(4-2)7(8(10)12)5-6-11-9/h7,11H,3-6H2,1-2H3,(H2,10,12). The van der Waals surface area contributed by atoms with Gasteiger partial charge in [-0.3, -0.25) is 4.79 Å². The van der Waals surface area contributed by atoms with Crippen molar-refractivity contribution in [2.45, 2.75) is 38.6 Å². The fourth-order valence-corrected chi connectivity index (χ4v) is 2.27. The molecular weight excluding hydrogens is 152 g/mol. The highest BCUT2D eigenvalue weighted by molar-refractivity contribution is 5.78. The largest absolute Gasteiger partial charge is 0.369 e. The van der Waals surface area contributed by atoms with E-state index < -0.39 is 0 Å². The van der Waals surface area contributed by atoms with Crippen molar-refractivity contribution in [2.75, 3.05) is 6.54 Å². The minimum absolute atomic E-state index is 0.00810. The highest BCUT2D eigenvalue weighted by atomic mass is 16.1. The summed E-state index contributed by atoms with van der Waals surface area (Å²) in [6, 6.07) is 0. The normalized spacial score (nSPS) is 27.3. The molecule has 1 amide bonds. The van der Waals surface area contributed by atoms with Crippen molar-refractivity contribution in [1.29, 1.82) is 0 Å². The molecule has 1 aliphatic heterocycles. The van der Waals surface area contributed by atoms with Gasteiger partial charge in [-0.15, -0.1) is 0 Å². The number of primary amides is 1. The summed E-state index contributed by atoms with van der Waals surface area (Å²) in [5.41, 5.74) is 5.34. The first-order valence-corrected chi connectivity index (χ1v) is 4.70. The molecule has 1 rings (SSSR count). The summed E-state index contributed by atoms with van der Waals surface area (Å²) >= 11 is 0. The van der Waals surface area contributed by atoms with Gasteiger partial charge in [-0.25, -0.2) is 0 Å². The summed E-state index contributed by atoms with van der Waals surface area (Å²) in [6.07, 6.45) is 2.87. The number of amides is 1. The Morgan fingerprint density at radius 1 is 1.58 bits per heavy atom. The van der Waals surface area contributed by atoms with Crippen LogP contribution in [0.15, 0.2) is 0 Å². The van der Waals surface area contributed by atoms with Crippen LogP contribution < -0.4 is 11.1 Å². The Labute approximate surface area is 73.7 Å². The zero-order valence-electron chi connectivity index (χ0n) is 7.89. The number of nitrogens with two attached hydrogens (primary N) is 1. The Kier molecular flexibility index (Phi) is 2.73. The number of rotatable bonds is 3. The highest BCUT2D eigenvalue weighted by Crippen LogP contribution is 2.32. The van der Waals surface area contributed by atoms with Gasteiger partial charge >= 0.3 is 0 Å². The molecule has 1 aliphatic rings. The monoisotopic (exact) mass is 170 g/mol. The first-order chi connectivity index (χ1) is 5.66. The van der Waals surface area contributed by atoms with Crippen LogP contribution >= 0.6 is 0 Å². The predicted molar refractivity (Wildman–Crippen MR) is 48.6 cm³/mol. The Balaban J connectivity index is 2.78.